The van der Waals surface area contributed by atoms with E-state index in [9.17, 15) is 4.79 Å². The Hall–Kier alpha value is -0.610. The first kappa shape index (κ1) is 10.5. The Labute approximate surface area is 78.2 Å². The predicted molar refractivity (Wildman–Crippen MR) is 46.4 cm³/mol. The lowest BCUT2D eigenvalue weighted by Gasteiger charge is -2.34. The Morgan fingerprint density at radius 1 is 1.38 bits per heavy atom. The molecule has 0 spiro atoms. The van der Waals surface area contributed by atoms with Gasteiger partial charge in [-0.05, 0) is 0 Å². The molecule has 0 bridgehead atoms. The van der Waals surface area contributed by atoms with Crippen molar-refractivity contribution < 1.29 is 19.0 Å². The summed E-state index contributed by atoms with van der Waals surface area (Å²) in [6.07, 6.45) is 1.85. The minimum Gasteiger partial charge on any atom is -0.469 e. The highest BCUT2D eigenvalue weighted by molar-refractivity contribution is 5.70. The fourth-order valence-corrected chi connectivity index (χ4v) is 1.53. The van der Waals surface area contributed by atoms with Gasteiger partial charge in [0.25, 0.3) is 0 Å². The SMILES string of the molecule is COC(=O)CC1(OC)CCOCC1. The monoisotopic (exact) mass is 188 g/mol. The van der Waals surface area contributed by atoms with Crippen LogP contribution in [-0.2, 0) is 19.0 Å². The molecule has 0 amide bonds. The number of esters is 1. The second-order valence-electron chi connectivity index (χ2n) is 3.25. The molecule has 0 aromatic heterocycles. The van der Waals surface area contributed by atoms with E-state index in [4.69, 9.17) is 9.47 Å². The molecule has 1 heterocycles. The summed E-state index contributed by atoms with van der Waals surface area (Å²) in [5.41, 5.74) is -0.356. The molecule has 0 unspecified atom stereocenters. The standard InChI is InChI=1S/C9H16O4/c1-11-8(10)7-9(12-2)3-5-13-6-4-9/h3-7H2,1-2H3. The molecule has 76 valence electrons. The molecule has 1 saturated heterocycles. The van der Waals surface area contributed by atoms with E-state index >= 15 is 0 Å². The summed E-state index contributed by atoms with van der Waals surface area (Å²) in [6.45, 7) is 1.32. The van der Waals surface area contributed by atoms with Crippen molar-refractivity contribution in [1.29, 1.82) is 0 Å². The second-order valence-corrected chi connectivity index (χ2v) is 3.25. The maximum Gasteiger partial charge on any atom is 0.308 e. The largest absolute Gasteiger partial charge is 0.469 e. The summed E-state index contributed by atoms with van der Waals surface area (Å²) in [5, 5.41) is 0. The topological polar surface area (TPSA) is 44.8 Å². The van der Waals surface area contributed by atoms with Crippen molar-refractivity contribution >= 4 is 5.97 Å². The molecule has 1 fully saturated rings. The van der Waals surface area contributed by atoms with Gasteiger partial charge < -0.3 is 14.2 Å². The Morgan fingerprint density at radius 3 is 2.46 bits per heavy atom. The van der Waals surface area contributed by atoms with Crippen LogP contribution in [0.25, 0.3) is 0 Å². The van der Waals surface area contributed by atoms with Crippen molar-refractivity contribution in [3.05, 3.63) is 0 Å². The molecular weight excluding hydrogens is 172 g/mol. The minimum atomic E-state index is -0.356. The normalized spacial score (nSPS) is 21.1. The molecule has 0 atom stereocenters. The fourth-order valence-electron chi connectivity index (χ4n) is 1.53. The highest BCUT2D eigenvalue weighted by Crippen LogP contribution is 2.28. The molecule has 0 aliphatic carbocycles. The van der Waals surface area contributed by atoms with Crippen molar-refractivity contribution in [3.8, 4) is 0 Å². The quantitative estimate of drug-likeness (QED) is 0.613. The molecule has 13 heavy (non-hydrogen) atoms. The van der Waals surface area contributed by atoms with Crippen LogP contribution in [0.15, 0.2) is 0 Å². The lowest BCUT2D eigenvalue weighted by molar-refractivity contribution is -0.153. The number of hydrogen-bond acceptors (Lipinski definition) is 4. The number of carbonyl (C=O) groups excluding carboxylic acids is 1. The van der Waals surface area contributed by atoms with Crippen molar-refractivity contribution in [3.63, 3.8) is 0 Å². The Bertz CT molecular complexity index is 172. The molecule has 1 rings (SSSR count). The number of ether oxygens (including phenoxy) is 3. The molecule has 0 radical (unpaired) electrons. The van der Waals surface area contributed by atoms with Crippen LogP contribution in [0.3, 0.4) is 0 Å². The van der Waals surface area contributed by atoms with Crippen LogP contribution in [0.2, 0.25) is 0 Å². The first-order chi connectivity index (χ1) is 6.22. The van der Waals surface area contributed by atoms with Crippen LogP contribution in [0.5, 0.6) is 0 Å². The zero-order chi connectivity index (χ0) is 9.73. The van der Waals surface area contributed by atoms with Crippen LogP contribution in [-0.4, -0.2) is 39.0 Å². The first-order valence-corrected chi connectivity index (χ1v) is 4.42. The van der Waals surface area contributed by atoms with E-state index < -0.39 is 0 Å². The van der Waals surface area contributed by atoms with E-state index in [1.54, 1.807) is 7.11 Å². The molecule has 4 heteroatoms. The molecular formula is C9H16O4. The highest BCUT2D eigenvalue weighted by atomic mass is 16.5. The molecule has 1 aliphatic heterocycles. The van der Waals surface area contributed by atoms with Gasteiger partial charge in [-0.1, -0.05) is 0 Å². The summed E-state index contributed by atoms with van der Waals surface area (Å²) >= 11 is 0. The van der Waals surface area contributed by atoms with Gasteiger partial charge in [0.05, 0.1) is 19.1 Å². The Morgan fingerprint density at radius 2 is 2.00 bits per heavy atom. The maximum absolute atomic E-state index is 11.1. The third-order valence-corrected chi connectivity index (χ3v) is 2.53. The average molecular weight is 188 g/mol. The fraction of sp³-hybridized carbons (Fsp3) is 0.889. The molecule has 0 saturated carbocycles. The van der Waals surface area contributed by atoms with Crippen LogP contribution < -0.4 is 0 Å². The lowest BCUT2D eigenvalue weighted by atomic mass is 9.90. The number of methoxy groups -OCH3 is 2. The summed E-state index contributed by atoms with van der Waals surface area (Å²) in [7, 11) is 3.03. The van der Waals surface area contributed by atoms with Crippen molar-refractivity contribution in [2.45, 2.75) is 24.9 Å². The van der Waals surface area contributed by atoms with Gasteiger partial charge in [0.15, 0.2) is 0 Å². The number of rotatable bonds is 3. The van der Waals surface area contributed by atoms with Gasteiger partial charge >= 0.3 is 5.97 Å². The van der Waals surface area contributed by atoms with E-state index in [1.165, 1.54) is 7.11 Å². The number of carbonyl (C=O) groups is 1. The van der Waals surface area contributed by atoms with Gasteiger partial charge in [-0.3, -0.25) is 4.79 Å². The maximum atomic E-state index is 11.1. The number of hydrogen-bond donors (Lipinski definition) is 0. The van der Waals surface area contributed by atoms with E-state index in [2.05, 4.69) is 4.74 Å². The van der Waals surface area contributed by atoms with Crippen LogP contribution >= 0.6 is 0 Å². The van der Waals surface area contributed by atoms with Gasteiger partial charge in [0.2, 0.25) is 0 Å². The van der Waals surface area contributed by atoms with Crippen LogP contribution in [0.1, 0.15) is 19.3 Å². The summed E-state index contributed by atoms with van der Waals surface area (Å²) in [4.78, 5) is 11.1. The van der Waals surface area contributed by atoms with E-state index in [1.807, 2.05) is 0 Å². The van der Waals surface area contributed by atoms with Crippen LogP contribution in [0.4, 0.5) is 0 Å². The third kappa shape index (κ3) is 2.67. The average Bonchev–Trinajstić information content (AvgIpc) is 2.19. The Balaban J connectivity index is 2.52. The van der Waals surface area contributed by atoms with Gasteiger partial charge in [0, 0.05) is 33.2 Å². The predicted octanol–water partition coefficient (Wildman–Crippen LogP) is 0.745. The van der Waals surface area contributed by atoms with E-state index in [0.717, 1.165) is 12.8 Å². The summed E-state index contributed by atoms with van der Waals surface area (Å²) < 4.78 is 15.2. The van der Waals surface area contributed by atoms with Crippen molar-refractivity contribution in [2.24, 2.45) is 0 Å². The first-order valence-electron chi connectivity index (χ1n) is 4.42. The van der Waals surface area contributed by atoms with Crippen LogP contribution in [0, 0.1) is 0 Å². The second kappa shape index (κ2) is 4.58. The zero-order valence-corrected chi connectivity index (χ0v) is 8.17. The van der Waals surface area contributed by atoms with E-state index in [-0.39, 0.29) is 11.6 Å². The minimum absolute atomic E-state index is 0.219. The highest BCUT2D eigenvalue weighted by Gasteiger charge is 2.35. The van der Waals surface area contributed by atoms with Crippen molar-refractivity contribution in [1.82, 2.24) is 0 Å². The van der Waals surface area contributed by atoms with Gasteiger partial charge in [0.1, 0.15) is 0 Å². The van der Waals surface area contributed by atoms with Gasteiger partial charge in [-0.15, -0.1) is 0 Å². The molecule has 0 N–H and O–H groups in total. The van der Waals surface area contributed by atoms with Gasteiger partial charge in [-0.25, -0.2) is 0 Å². The summed E-state index contributed by atoms with van der Waals surface area (Å²) in [6, 6.07) is 0. The molecule has 1 aliphatic rings. The lowest BCUT2D eigenvalue weighted by Crippen LogP contribution is -2.40. The Kier molecular flexibility index (Phi) is 3.69. The van der Waals surface area contributed by atoms with Gasteiger partial charge in [-0.2, -0.15) is 0 Å². The van der Waals surface area contributed by atoms with Crippen molar-refractivity contribution in [2.75, 3.05) is 27.4 Å². The van der Waals surface area contributed by atoms with E-state index in [0.29, 0.717) is 19.6 Å². The third-order valence-electron chi connectivity index (χ3n) is 2.53. The molecule has 0 aromatic rings. The smallest absolute Gasteiger partial charge is 0.308 e. The molecule has 4 nitrogen and oxygen atoms in total. The molecule has 0 aromatic carbocycles. The zero-order valence-electron chi connectivity index (χ0n) is 8.17. The summed E-state index contributed by atoms with van der Waals surface area (Å²) in [5.74, 6) is -0.219.